The Balaban J connectivity index is 0.949. The summed E-state index contributed by atoms with van der Waals surface area (Å²) < 4.78 is 13.4. The number of hydrogen-bond donors (Lipinski definition) is 0. The highest BCUT2D eigenvalue weighted by Crippen LogP contribution is 2.75. The lowest BCUT2D eigenvalue weighted by molar-refractivity contribution is 0.590. The van der Waals surface area contributed by atoms with Crippen molar-refractivity contribution < 1.29 is 8.83 Å². The van der Waals surface area contributed by atoms with Crippen molar-refractivity contribution in [1.82, 2.24) is 0 Å². The number of rotatable bonds is 6. The third kappa shape index (κ3) is 6.75. The molecule has 0 N–H and O–H groups in total. The lowest BCUT2D eigenvalue weighted by Gasteiger charge is -2.36. The monoisotopic (exact) mass is 1130 g/mol. The molecule has 4 aliphatic carbocycles. The van der Waals surface area contributed by atoms with Crippen LogP contribution in [0.3, 0.4) is 0 Å². The van der Waals surface area contributed by atoms with Gasteiger partial charge in [0.25, 0.3) is 0 Å². The van der Waals surface area contributed by atoms with Crippen LogP contribution in [0.5, 0.6) is 0 Å². The van der Waals surface area contributed by atoms with Gasteiger partial charge in [-0.2, -0.15) is 0 Å². The van der Waals surface area contributed by atoms with Gasteiger partial charge in [-0.3, -0.25) is 0 Å². The van der Waals surface area contributed by atoms with E-state index in [0.29, 0.717) is 0 Å². The first-order valence-corrected chi connectivity index (χ1v) is 31.0. The molecular formula is C84H62N2O2. The highest BCUT2D eigenvalue weighted by Gasteiger charge is 2.63. The lowest BCUT2D eigenvalue weighted by Crippen LogP contribution is -2.29. The minimum atomic E-state index is -0.736. The Kier molecular flexibility index (Phi) is 10.4. The van der Waals surface area contributed by atoms with E-state index in [1.807, 2.05) is 0 Å². The van der Waals surface area contributed by atoms with Crippen molar-refractivity contribution in [2.24, 2.45) is 0 Å². The molecule has 0 aliphatic heterocycles. The number of fused-ring (bicyclic) bond motifs is 24. The third-order valence-corrected chi connectivity index (χ3v) is 20.0. The van der Waals surface area contributed by atoms with E-state index in [4.69, 9.17) is 8.83 Å². The van der Waals surface area contributed by atoms with E-state index in [1.54, 1.807) is 0 Å². The molecular weight excluding hydrogens is 1070 g/mol. The average Bonchev–Trinajstić information content (AvgIpc) is 1.47. The standard InChI is InChI=1S/C84H62N2O2/c1-81(2,3)51-37-41-53(42-38-51)85(71-31-19-35-75-77(71)63-25-11-17-33-73(63)87-75)55-45-47-61-69(49-55)83(65-27-13-7-21-57(65)58-22-8-14-28-66(58)83)80-62-48-46-56(50-70(62)84(79(61)80)67-29-15-9-23-59(67)60-24-10-16-30-68(60)84)86(54-43-39-52(40-44-54)82(4,5)6)72-32-20-36-76-78(72)64-26-12-18-34-74(64)88-76/h7-50H,1-6H3. The summed E-state index contributed by atoms with van der Waals surface area (Å²) in [7, 11) is 0. The Morgan fingerprint density at radius 3 is 0.955 bits per heavy atom. The summed E-state index contributed by atoms with van der Waals surface area (Å²) in [6.45, 7) is 13.7. The van der Waals surface area contributed by atoms with Gasteiger partial charge in [-0.1, -0.05) is 224 Å². The molecule has 0 saturated carbocycles. The van der Waals surface area contributed by atoms with Crippen molar-refractivity contribution in [1.29, 1.82) is 0 Å². The van der Waals surface area contributed by atoms with E-state index in [-0.39, 0.29) is 10.8 Å². The second-order valence-electron chi connectivity index (χ2n) is 26.7. The van der Waals surface area contributed by atoms with Crippen LogP contribution in [0.25, 0.3) is 77.3 Å². The highest BCUT2D eigenvalue weighted by atomic mass is 16.3. The Morgan fingerprint density at radius 2 is 0.591 bits per heavy atom. The van der Waals surface area contributed by atoms with E-state index >= 15 is 0 Å². The fourth-order valence-corrected chi connectivity index (χ4v) is 16.3. The molecule has 14 aromatic rings. The molecule has 4 aliphatic rings. The van der Waals surface area contributed by atoms with Gasteiger partial charge in [-0.05, 0) is 185 Å². The molecule has 0 atom stereocenters. The summed E-state index contributed by atoms with van der Waals surface area (Å²) in [6, 6.07) is 101. The quantitative estimate of drug-likeness (QED) is 0.166. The molecule has 4 nitrogen and oxygen atoms in total. The van der Waals surface area contributed by atoms with Gasteiger partial charge in [0, 0.05) is 33.5 Å². The fraction of sp³-hybridized carbons (Fsp3) is 0.119. The van der Waals surface area contributed by atoms with Crippen LogP contribution in [0.1, 0.15) is 97.2 Å². The number of benzene rings is 12. The number of hydrogen-bond acceptors (Lipinski definition) is 4. The molecule has 0 unspecified atom stereocenters. The molecule has 0 saturated heterocycles. The molecule has 2 spiro atoms. The first-order chi connectivity index (χ1) is 42.9. The van der Waals surface area contributed by atoms with Crippen LogP contribution in [-0.2, 0) is 21.7 Å². The molecule has 88 heavy (non-hydrogen) atoms. The Hall–Kier alpha value is -10.4. The highest BCUT2D eigenvalue weighted by molar-refractivity contribution is 6.21. The van der Waals surface area contributed by atoms with Gasteiger partial charge in [0.05, 0.1) is 33.0 Å². The topological polar surface area (TPSA) is 32.8 Å². The summed E-state index contributed by atoms with van der Waals surface area (Å²) >= 11 is 0. The molecule has 18 rings (SSSR count). The molecule has 0 radical (unpaired) electrons. The van der Waals surface area contributed by atoms with Gasteiger partial charge >= 0.3 is 0 Å². The molecule has 2 aromatic heterocycles. The van der Waals surface area contributed by atoms with Crippen molar-refractivity contribution in [3.8, 4) is 22.3 Å². The first kappa shape index (κ1) is 50.9. The van der Waals surface area contributed by atoms with E-state index in [9.17, 15) is 0 Å². The van der Waals surface area contributed by atoms with Crippen molar-refractivity contribution >= 4 is 89.1 Å². The zero-order valence-corrected chi connectivity index (χ0v) is 50.1. The molecule has 0 fully saturated rings. The number of para-hydroxylation sites is 2. The van der Waals surface area contributed by atoms with Crippen molar-refractivity contribution in [3.05, 3.63) is 323 Å². The van der Waals surface area contributed by atoms with Gasteiger partial charge < -0.3 is 18.6 Å². The van der Waals surface area contributed by atoms with Gasteiger partial charge in [-0.25, -0.2) is 0 Å². The zero-order valence-electron chi connectivity index (χ0n) is 50.1. The number of allylic oxidation sites excluding steroid dienone is 2. The SMILES string of the molecule is CC(C)(C)c1ccc(N(c2ccc3c(c2)C2(C4=C3C3(c5cc(N(c6ccc(C(C)(C)C)cc6)c6cccc7oc8ccccc8c67)ccc54)c4ccccc4-c4ccccc43)c3ccccc3-c3ccccc32)c2cccc3oc4ccccc4c23)cc1. The Labute approximate surface area is 512 Å². The summed E-state index contributed by atoms with van der Waals surface area (Å²) in [6.07, 6.45) is 0. The van der Waals surface area contributed by atoms with Crippen LogP contribution < -0.4 is 9.80 Å². The predicted molar refractivity (Wildman–Crippen MR) is 365 cm³/mol. The number of anilines is 6. The second kappa shape index (κ2) is 18.1. The minimum absolute atomic E-state index is 0.0250. The van der Waals surface area contributed by atoms with Crippen LogP contribution in [0.2, 0.25) is 0 Å². The number of furan rings is 2. The van der Waals surface area contributed by atoms with Crippen LogP contribution in [0.4, 0.5) is 34.1 Å². The summed E-state index contributed by atoms with van der Waals surface area (Å²) in [4.78, 5) is 4.98. The van der Waals surface area contributed by atoms with E-state index in [2.05, 4.69) is 318 Å². The van der Waals surface area contributed by atoms with Crippen molar-refractivity contribution in [2.75, 3.05) is 9.80 Å². The summed E-state index contributed by atoms with van der Waals surface area (Å²) in [5, 5.41) is 4.36. The van der Waals surface area contributed by atoms with E-state index < -0.39 is 10.8 Å². The molecule has 4 heteroatoms. The zero-order chi connectivity index (χ0) is 59.0. The second-order valence-corrected chi connectivity index (χ2v) is 26.7. The maximum atomic E-state index is 6.68. The molecule has 420 valence electrons. The third-order valence-electron chi connectivity index (χ3n) is 20.0. The van der Waals surface area contributed by atoms with Crippen LogP contribution in [0.15, 0.2) is 276 Å². The van der Waals surface area contributed by atoms with E-state index in [1.165, 1.54) is 89.0 Å². The Bertz CT molecular complexity index is 4880. The minimum Gasteiger partial charge on any atom is -0.456 e. The van der Waals surface area contributed by atoms with Gasteiger partial charge in [0.15, 0.2) is 0 Å². The molecule has 12 aromatic carbocycles. The largest absolute Gasteiger partial charge is 0.456 e. The van der Waals surface area contributed by atoms with Crippen molar-refractivity contribution in [3.63, 3.8) is 0 Å². The maximum absolute atomic E-state index is 6.68. The van der Waals surface area contributed by atoms with E-state index in [0.717, 1.165) is 78.0 Å². The molecule has 2 heterocycles. The van der Waals surface area contributed by atoms with Crippen molar-refractivity contribution in [2.45, 2.75) is 63.2 Å². The molecule has 0 amide bonds. The predicted octanol–water partition coefficient (Wildman–Crippen LogP) is 22.6. The normalized spacial score (nSPS) is 14.6. The van der Waals surface area contributed by atoms with Gasteiger partial charge in [0.1, 0.15) is 22.3 Å². The maximum Gasteiger partial charge on any atom is 0.137 e. The fourth-order valence-electron chi connectivity index (χ4n) is 16.3. The summed E-state index contributed by atoms with van der Waals surface area (Å²) in [5.41, 5.74) is 29.0. The van der Waals surface area contributed by atoms with Crippen LogP contribution in [-0.4, -0.2) is 0 Å². The first-order valence-electron chi connectivity index (χ1n) is 31.0. The molecule has 0 bridgehead atoms. The lowest BCUT2D eigenvalue weighted by atomic mass is 9.66. The van der Waals surface area contributed by atoms with Gasteiger partial charge in [0.2, 0.25) is 0 Å². The van der Waals surface area contributed by atoms with Gasteiger partial charge in [-0.15, -0.1) is 0 Å². The number of nitrogens with zero attached hydrogens (tertiary/aromatic N) is 2. The summed E-state index contributed by atoms with van der Waals surface area (Å²) in [5.74, 6) is 0. The Morgan fingerprint density at radius 1 is 0.273 bits per heavy atom. The van der Waals surface area contributed by atoms with Crippen LogP contribution in [0, 0.1) is 0 Å². The average molecular weight is 1130 g/mol. The smallest absolute Gasteiger partial charge is 0.137 e. The van der Waals surface area contributed by atoms with Crippen LogP contribution >= 0.6 is 0 Å².